The van der Waals surface area contributed by atoms with Gasteiger partial charge in [-0.1, -0.05) is 39.0 Å². The van der Waals surface area contributed by atoms with Crippen molar-refractivity contribution in [1.29, 1.82) is 0 Å². The Hall–Kier alpha value is -1.05. The summed E-state index contributed by atoms with van der Waals surface area (Å²) in [6, 6.07) is 2.59. The molecule has 2 heteroatoms. The van der Waals surface area contributed by atoms with E-state index in [1.54, 1.807) is 0 Å². The lowest BCUT2D eigenvalue weighted by atomic mass is 10.1. The molecule has 1 N–H and O–H groups in total. The van der Waals surface area contributed by atoms with Crippen LogP contribution in [-0.4, -0.2) is 11.0 Å². The van der Waals surface area contributed by atoms with Gasteiger partial charge >= 0.3 is 0 Å². The van der Waals surface area contributed by atoms with E-state index in [4.69, 9.17) is 0 Å². The fourth-order valence-electron chi connectivity index (χ4n) is 2.01. The van der Waals surface area contributed by atoms with Crippen LogP contribution in [0.5, 0.6) is 0 Å². The topological polar surface area (TPSA) is 24.9 Å². The van der Waals surface area contributed by atoms with E-state index in [9.17, 15) is 0 Å². The number of hydrogen-bond donors (Lipinski definition) is 1. The van der Waals surface area contributed by atoms with Crippen LogP contribution in [0.15, 0.2) is 18.5 Å². The molecule has 1 heterocycles. The maximum atomic E-state index is 4.16. The fraction of sp³-hybridized carbons (Fsp3) is 0.667. The molecular weight excluding hydrogens is 208 g/mol. The fourth-order valence-corrected chi connectivity index (χ4v) is 2.01. The van der Waals surface area contributed by atoms with Crippen LogP contribution in [0.1, 0.15) is 57.9 Å². The van der Waals surface area contributed by atoms with Gasteiger partial charge in [0.2, 0.25) is 0 Å². The van der Waals surface area contributed by atoms with Crippen LogP contribution in [0.2, 0.25) is 0 Å². The van der Waals surface area contributed by atoms with E-state index < -0.39 is 0 Å². The van der Waals surface area contributed by atoms with Crippen molar-refractivity contribution in [3.8, 4) is 0 Å². The van der Waals surface area contributed by atoms with E-state index in [0.717, 1.165) is 0 Å². The lowest BCUT2D eigenvalue weighted by Gasteiger charge is -2.16. The van der Waals surface area contributed by atoms with Gasteiger partial charge in [0.25, 0.3) is 0 Å². The van der Waals surface area contributed by atoms with Gasteiger partial charge in [0.05, 0.1) is 11.9 Å². The van der Waals surface area contributed by atoms with Crippen LogP contribution in [-0.2, 0) is 0 Å². The lowest BCUT2D eigenvalue weighted by molar-refractivity contribution is 0.578. The maximum Gasteiger partial charge on any atom is 0.0558 e. The Morgan fingerprint density at radius 2 is 2.00 bits per heavy atom. The number of hydrogen-bond acceptors (Lipinski definition) is 2. The first-order valence-electron chi connectivity index (χ1n) is 6.91. The van der Waals surface area contributed by atoms with Crippen LogP contribution in [0.3, 0.4) is 0 Å². The molecule has 0 aromatic carbocycles. The Balaban J connectivity index is 2.21. The minimum Gasteiger partial charge on any atom is -0.381 e. The maximum absolute atomic E-state index is 4.16. The van der Waals surface area contributed by atoms with Gasteiger partial charge in [-0.25, -0.2) is 0 Å². The molecule has 17 heavy (non-hydrogen) atoms. The average Bonchev–Trinajstić information content (AvgIpc) is 2.32. The molecule has 0 radical (unpaired) electrons. The number of anilines is 1. The molecule has 1 unspecified atom stereocenters. The third-order valence-corrected chi connectivity index (χ3v) is 3.18. The first-order valence-corrected chi connectivity index (χ1v) is 6.91. The summed E-state index contributed by atoms with van der Waals surface area (Å²) < 4.78 is 0. The van der Waals surface area contributed by atoms with Crippen molar-refractivity contribution in [2.45, 2.75) is 65.3 Å². The smallest absolute Gasteiger partial charge is 0.0558 e. The molecule has 96 valence electrons. The summed E-state index contributed by atoms with van der Waals surface area (Å²) in [7, 11) is 0. The standard InChI is InChI=1S/C15H26N2/c1-4-5-6-7-8-9-14(3)17-15-12-16-11-10-13(15)2/h10-12,14,17H,4-9H2,1-3H3. The van der Waals surface area contributed by atoms with E-state index in [2.05, 4.69) is 37.1 Å². The summed E-state index contributed by atoms with van der Waals surface area (Å²) in [6.07, 6.45) is 11.8. The molecule has 0 saturated heterocycles. The molecule has 0 spiro atoms. The normalized spacial score (nSPS) is 12.4. The Morgan fingerprint density at radius 3 is 2.71 bits per heavy atom. The van der Waals surface area contributed by atoms with E-state index >= 15 is 0 Å². The third kappa shape index (κ3) is 5.71. The SMILES string of the molecule is CCCCCCCC(C)Nc1cnccc1C. The van der Waals surface area contributed by atoms with Crippen LogP contribution in [0, 0.1) is 6.92 Å². The third-order valence-electron chi connectivity index (χ3n) is 3.18. The average molecular weight is 234 g/mol. The number of nitrogens with zero attached hydrogens (tertiary/aromatic N) is 1. The van der Waals surface area contributed by atoms with Crippen molar-refractivity contribution in [2.24, 2.45) is 0 Å². The second-order valence-corrected chi connectivity index (χ2v) is 4.94. The summed E-state index contributed by atoms with van der Waals surface area (Å²) in [5.41, 5.74) is 2.45. The van der Waals surface area contributed by atoms with E-state index in [1.165, 1.54) is 49.8 Å². The van der Waals surface area contributed by atoms with E-state index in [1.807, 2.05) is 12.4 Å². The summed E-state index contributed by atoms with van der Waals surface area (Å²) >= 11 is 0. The summed E-state index contributed by atoms with van der Waals surface area (Å²) in [5, 5.41) is 3.54. The number of aryl methyl sites for hydroxylation is 1. The predicted octanol–water partition coefficient (Wildman–Crippen LogP) is 4.55. The molecule has 0 fully saturated rings. The molecule has 0 bridgehead atoms. The van der Waals surface area contributed by atoms with Crippen molar-refractivity contribution in [3.63, 3.8) is 0 Å². The largest absolute Gasteiger partial charge is 0.381 e. The Bertz CT molecular complexity index is 310. The zero-order chi connectivity index (χ0) is 12.5. The Kier molecular flexibility index (Phi) is 6.68. The molecule has 0 saturated carbocycles. The number of nitrogens with one attached hydrogen (secondary N) is 1. The molecule has 1 atom stereocenters. The molecule has 0 amide bonds. The lowest BCUT2D eigenvalue weighted by Crippen LogP contribution is -2.15. The first-order chi connectivity index (χ1) is 8.24. The van der Waals surface area contributed by atoms with Crippen molar-refractivity contribution in [1.82, 2.24) is 4.98 Å². The van der Waals surface area contributed by atoms with Crippen molar-refractivity contribution in [3.05, 3.63) is 24.0 Å². The Morgan fingerprint density at radius 1 is 1.24 bits per heavy atom. The van der Waals surface area contributed by atoms with Crippen LogP contribution in [0.4, 0.5) is 5.69 Å². The molecule has 2 nitrogen and oxygen atoms in total. The molecule has 1 aromatic heterocycles. The molecule has 1 aromatic rings. The number of aromatic nitrogens is 1. The minimum absolute atomic E-state index is 0.541. The van der Waals surface area contributed by atoms with Gasteiger partial charge in [0.1, 0.15) is 0 Å². The van der Waals surface area contributed by atoms with Gasteiger partial charge < -0.3 is 5.32 Å². The van der Waals surface area contributed by atoms with Gasteiger partial charge in [0.15, 0.2) is 0 Å². The van der Waals surface area contributed by atoms with Crippen LogP contribution >= 0.6 is 0 Å². The monoisotopic (exact) mass is 234 g/mol. The molecule has 0 aliphatic rings. The van der Waals surface area contributed by atoms with Crippen molar-refractivity contribution in [2.75, 3.05) is 5.32 Å². The quantitative estimate of drug-likeness (QED) is 0.667. The molecular formula is C15H26N2. The highest BCUT2D eigenvalue weighted by Crippen LogP contribution is 2.15. The van der Waals surface area contributed by atoms with Gasteiger partial charge in [-0.2, -0.15) is 0 Å². The van der Waals surface area contributed by atoms with Crippen molar-refractivity contribution >= 4 is 5.69 Å². The highest BCUT2D eigenvalue weighted by atomic mass is 14.9. The first kappa shape index (κ1) is 14.0. The number of rotatable bonds is 8. The van der Waals surface area contributed by atoms with Gasteiger partial charge in [-0.15, -0.1) is 0 Å². The zero-order valence-electron chi connectivity index (χ0n) is 11.5. The summed E-state index contributed by atoms with van der Waals surface area (Å²) in [5.74, 6) is 0. The minimum atomic E-state index is 0.541. The molecule has 0 aliphatic carbocycles. The van der Waals surface area contributed by atoms with Gasteiger partial charge in [-0.05, 0) is 31.9 Å². The summed E-state index contributed by atoms with van der Waals surface area (Å²) in [6.45, 7) is 6.64. The van der Waals surface area contributed by atoms with E-state index in [0.29, 0.717) is 6.04 Å². The van der Waals surface area contributed by atoms with Crippen LogP contribution < -0.4 is 5.32 Å². The number of unbranched alkanes of at least 4 members (excludes halogenated alkanes) is 4. The van der Waals surface area contributed by atoms with E-state index in [-0.39, 0.29) is 0 Å². The van der Waals surface area contributed by atoms with Gasteiger partial charge in [0, 0.05) is 12.2 Å². The Labute approximate surface area is 106 Å². The van der Waals surface area contributed by atoms with Crippen LogP contribution in [0.25, 0.3) is 0 Å². The molecule has 1 rings (SSSR count). The molecule has 0 aliphatic heterocycles. The van der Waals surface area contributed by atoms with Crippen molar-refractivity contribution < 1.29 is 0 Å². The van der Waals surface area contributed by atoms with Gasteiger partial charge in [-0.3, -0.25) is 4.98 Å². The second kappa shape index (κ2) is 8.10. The highest BCUT2D eigenvalue weighted by Gasteiger charge is 2.03. The highest BCUT2D eigenvalue weighted by molar-refractivity contribution is 5.48. The zero-order valence-corrected chi connectivity index (χ0v) is 11.5. The second-order valence-electron chi connectivity index (χ2n) is 4.94. The predicted molar refractivity (Wildman–Crippen MR) is 75.4 cm³/mol. The number of pyridine rings is 1. The summed E-state index contributed by atoms with van der Waals surface area (Å²) in [4.78, 5) is 4.16.